The molecule has 0 bridgehead atoms. The molecule has 1 aliphatic rings. The number of hydrogen-bond donors (Lipinski definition) is 1. The summed E-state index contributed by atoms with van der Waals surface area (Å²) in [5.41, 5.74) is 0. The summed E-state index contributed by atoms with van der Waals surface area (Å²) in [5, 5.41) is 10.8. The molecule has 0 saturated carbocycles. The van der Waals surface area contributed by atoms with Gasteiger partial charge < -0.3 is 9.84 Å². The molecule has 0 aliphatic carbocycles. The number of likely N-dealkylation sites (tertiary alicyclic amines) is 1. The maximum atomic E-state index is 9.77. The number of aliphatic hydroxyl groups is 1. The molecule has 1 unspecified atom stereocenters. The molecule has 2 rings (SSSR count). The highest BCUT2D eigenvalue weighted by atomic mass is 35.5. The number of benzene rings is 1. The molecule has 1 atom stereocenters. The van der Waals surface area contributed by atoms with Crippen LogP contribution in [-0.4, -0.2) is 35.4 Å². The number of halogens is 2. The summed E-state index contributed by atoms with van der Waals surface area (Å²) in [5.74, 6) is 0.721. The van der Waals surface area contributed by atoms with Crippen LogP contribution in [0.15, 0.2) is 18.2 Å². The van der Waals surface area contributed by atoms with E-state index in [1.165, 1.54) is 0 Å². The molecule has 0 amide bonds. The van der Waals surface area contributed by atoms with Crippen molar-refractivity contribution >= 4 is 23.2 Å². The highest BCUT2D eigenvalue weighted by Gasteiger charge is 2.32. The third-order valence-corrected chi connectivity index (χ3v) is 3.78. The van der Waals surface area contributed by atoms with E-state index in [9.17, 15) is 5.11 Å². The summed E-state index contributed by atoms with van der Waals surface area (Å²) in [6.07, 6.45) is 1.56. The van der Waals surface area contributed by atoms with Crippen molar-refractivity contribution in [1.29, 1.82) is 0 Å². The van der Waals surface area contributed by atoms with Crippen LogP contribution in [0.2, 0.25) is 10.0 Å². The van der Waals surface area contributed by atoms with Gasteiger partial charge in [0.15, 0.2) is 0 Å². The Balaban J connectivity index is 1.81. The van der Waals surface area contributed by atoms with Crippen LogP contribution in [-0.2, 0) is 0 Å². The van der Waals surface area contributed by atoms with Gasteiger partial charge in [0.25, 0.3) is 0 Å². The van der Waals surface area contributed by atoms with Gasteiger partial charge in [-0.25, -0.2) is 0 Å². The first-order chi connectivity index (χ1) is 8.60. The van der Waals surface area contributed by atoms with E-state index < -0.39 is 0 Å². The van der Waals surface area contributed by atoms with Gasteiger partial charge in [0, 0.05) is 19.2 Å². The summed E-state index contributed by atoms with van der Waals surface area (Å²) in [7, 11) is 0. The first kappa shape index (κ1) is 13.9. The topological polar surface area (TPSA) is 32.7 Å². The van der Waals surface area contributed by atoms with Crippen LogP contribution in [0.25, 0.3) is 0 Å². The summed E-state index contributed by atoms with van der Waals surface area (Å²) >= 11 is 11.8. The third kappa shape index (κ3) is 3.29. The molecule has 1 heterocycles. The lowest BCUT2D eigenvalue weighted by atomic mass is 10.1. The Kier molecular flexibility index (Phi) is 4.73. The minimum absolute atomic E-state index is 0.119. The molecule has 1 aromatic rings. The Morgan fingerprint density at radius 1 is 1.39 bits per heavy atom. The normalized spacial score (nSPS) is 18.4. The zero-order valence-corrected chi connectivity index (χ0v) is 11.8. The molecule has 18 heavy (non-hydrogen) atoms. The number of ether oxygens (including phenoxy) is 1. The van der Waals surface area contributed by atoms with E-state index in [0.29, 0.717) is 10.0 Å². The largest absolute Gasteiger partial charge is 0.488 e. The molecular weight excluding hydrogens is 273 g/mol. The summed E-state index contributed by atoms with van der Waals surface area (Å²) in [6.45, 7) is 3.57. The lowest BCUT2D eigenvalue weighted by Crippen LogP contribution is -2.57. The lowest BCUT2D eigenvalue weighted by molar-refractivity contribution is -0.0928. The molecule has 100 valence electrons. The van der Waals surface area contributed by atoms with Gasteiger partial charge >= 0.3 is 0 Å². The molecule has 0 aromatic heterocycles. The molecule has 1 N–H and O–H groups in total. The van der Waals surface area contributed by atoms with Crippen LogP contribution in [0.3, 0.4) is 0 Å². The van der Waals surface area contributed by atoms with E-state index in [2.05, 4.69) is 6.92 Å². The van der Waals surface area contributed by atoms with E-state index in [0.717, 1.165) is 31.7 Å². The molecule has 3 nitrogen and oxygen atoms in total. The van der Waals surface area contributed by atoms with Crippen LogP contribution in [0, 0.1) is 0 Å². The fourth-order valence-corrected chi connectivity index (χ4v) is 2.26. The molecule has 5 heteroatoms. The molecule has 0 radical (unpaired) electrons. The maximum Gasteiger partial charge on any atom is 0.124 e. The lowest BCUT2D eigenvalue weighted by Gasteiger charge is -2.41. The van der Waals surface area contributed by atoms with E-state index in [4.69, 9.17) is 27.9 Å². The highest BCUT2D eigenvalue weighted by molar-refractivity contribution is 6.42. The first-order valence-corrected chi connectivity index (χ1v) is 6.89. The Hall–Kier alpha value is -0.480. The quantitative estimate of drug-likeness (QED) is 0.904. The Morgan fingerprint density at radius 2 is 2.11 bits per heavy atom. The fourth-order valence-electron chi connectivity index (χ4n) is 1.97. The highest BCUT2D eigenvalue weighted by Crippen LogP contribution is 2.28. The third-order valence-electron chi connectivity index (χ3n) is 3.04. The predicted molar refractivity (Wildman–Crippen MR) is 73.4 cm³/mol. The SMILES string of the molecule is CCCC(O)N1CC(Oc2ccc(Cl)c(Cl)c2)C1. The zero-order chi connectivity index (χ0) is 13.1. The zero-order valence-electron chi connectivity index (χ0n) is 10.3. The average Bonchev–Trinajstić information content (AvgIpc) is 2.28. The molecule has 0 spiro atoms. The van der Waals surface area contributed by atoms with Gasteiger partial charge in [0.1, 0.15) is 18.1 Å². The van der Waals surface area contributed by atoms with Crippen molar-refractivity contribution in [2.24, 2.45) is 0 Å². The predicted octanol–water partition coefficient (Wildman–Crippen LogP) is 3.17. The first-order valence-electron chi connectivity index (χ1n) is 6.14. The molecular formula is C13H17Cl2NO2. The monoisotopic (exact) mass is 289 g/mol. The Morgan fingerprint density at radius 3 is 2.72 bits per heavy atom. The average molecular weight is 290 g/mol. The van der Waals surface area contributed by atoms with Crippen molar-refractivity contribution in [2.45, 2.75) is 32.1 Å². The summed E-state index contributed by atoms with van der Waals surface area (Å²) < 4.78 is 5.75. The van der Waals surface area contributed by atoms with Crippen LogP contribution < -0.4 is 4.74 Å². The number of rotatable bonds is 5. The van der Waals surface area contributed by atoms with E-state index in [1.54, 1.807) is 18.2 Å². The minimum atomic E-state index is -0.344. The minimum Gasteiger partial charge on any atom is -0.488 e. The van der Waals surface area contributed by atoms with E-state index >= 15 is 0 Å². The standard InChI is InChI=1S/C13H17Cl2NO2/c1-2-3-13(17)16-7-10(8-16)18-9-4-5-11(14)12(15)6-9/h4-6,10,13,17H,2-3,7-8H2,1H3. The second kappa shape index (κ2) is 6.11. The van der Waals surface area contributed by atoms with Crippen LogP contribution in [0.1, 0.15) is 19.8 Å². The Labute approximate surface area is 117 Å². The van der Waals surface area contributed by atoms with Gasteiger partial charge in [-0.3, -0.25) is 4.90 Å². The van der Waals surface area contributed by atoms with Gasteiger partial charge in [-0.15, -0.1) is 0 Å². The van der Waals surface area contributed by atoms with Crippen LogP contribution in [0.4, 0.5) is 0 Å². The molecule has 1 aliphatic heterocycles. The van der Waals surface area contributed by atoms with Gasteiger partial charge in [-0.05, 0) is 18.6 Å². The molecule has 1 aromatic carbocycles. The van der Waals surface area contributed by atoms with Gasteiger partial charge in [0.05, 0.1) is 10.0 Å². The van der Waals surface area contributed by atoms with Crippen molar-refractivity contribution < 1.29 is 9.84 Å². The molecule has 1 fully saturated rings. The van der Waals surface area contributed by atoms with Crippen molar-refractivity contribution in [3.8, 4) is 5.75 Å². The van der Waals surface area contributed by atoms with E-state index in [-0.39, 0.29) is 12.3 Å². The maximum absolute atomic E-state index is 9.77. The summed E-state index contributed by atoms with van der Waals surface area (Å²) in [6, 6.07) is 5.25. The fraction of sp³-hybridized carbons (Fsp3) is 0.538. The number of hydrogen-bond acceptors (Lipinski definition) is 3. The van der Waals surface area contributed by atoms with Gasteiger partial charge in [-0.2, -0.15) is 0 Å². The van der Waals surface area contributed by atoms with Crippen LogP contribution in [0.5, 0.6) is 5.75 Å². The van der Waals surface area contributed by atoms with Crippen molar-refractivity contribution in [2.75, 3.05) is 13.1 Å². The van der Waals surface area contributed by atoms with Crippen molar-refractivity contribution in [1.82, 2.24) is 4.90 Å². The number of aliphatic hydroxyl groups excluding tert-OH is 1. The van der Waals surface area contributed by atoms with E-state index in [1.807, 2.05) is 4.90 Å². The van der Waals surface area contributed by atoms with Gasteiger partial charge in [0.2, 0.25) is 0 Å². The summed E-state index contributed by atoms with van der Waals surface area (Å²) in [4.78, 5) is 2.01. The second-order valence-electron chi connectivity index (χ2n) is 4.54. The van der Waals surface area contributed by atoms with Gasteiger partial charge in [-0.1, -0.05) is 36.5 Å². The number of nitrogens with zero attached hydrogens (tertiary/aromatic N) is 1. The van der Waals surface area contributed by atoms with Crippen LogP contribution >= 0.6 is 23.2 Å². The molecule has 1 saturated heterocycles. The van der Waals surface area contributed by atoms with Crippen molar-refractivity contribution in [3.05, 3.63) is 28.2 Å². The smallest absolute Gasteiger partial charge is 0.124 e. The Bertz CT molecular complexity index is 408. The van der Waals surface area contributed by atoms with Crippen molar-refractivity contribution in [3.63, 3.8) is 0 Å². The second-order valence-corrected chi connectivity index (χ2v) is 5.35.